The Bertz CT molecular complexity index is 703. The van der Waals surface area contributed by atoms with Gasteiger partial charge in [-0.1, -0.05) is 0 Å². The fourth-order valence-corrected chi connectivity index (χ4v) is 3.67. The van der Waals surface area contributed by atoms with Crippen LogP contribution in [-0.4, -0.2) is 24.6 Å². The topological polar surface area (TPSA) is 72.0 Å². The Kier molecular flexibility index (Phi) is 4.44. The first kappa shape index (κ1) is 14.7. The van der Waals surface area contributed by atoms with Crippen LogP contribution in [0.25, 0.3) is 0 Å². The van der Waals surface area contributed by atoms with Crippen LogP contribution in [0.1, 0.15) is 4.88 Å². The average molecular weight is 383 g/mol. The zero-order chi connectivity index (χ0) is 14.0. The van der Waals surface area contributed by atoms with Gasteiger partial charge in [0.1, 0.15) is 10.0 Å². The van der Waals surface area contributed by atoms with Gasteiger partial charge < -0.3 is 5.32 Å². The number of aromatic nitrogens is 2. The lowest BCUT2D eigenvalue weighted by Gasteiger charge is -2.05. The van der Waals surface area contributed by atoms with E-state index in [0.29, 0.717) is 21.0 Å². The van der Waals surface area contributed by atoms with Crippen LogP contribution in [0.4, 0.5) is 5.82 Å². The van der Waals surface area contributed by atoms with E-state index in [4.69, 9.17) is 11.6 Å². The summed E-state index contributed by atoms with van der Waals surface area (Å²) in [5.74, 6) is 0.564. The number of sulfone groups is 1. The lowest BCUT2D eigenvalue weighted by Crippen LogP contribution is -2.01. The third kappa shape index (κ3) is 3.88. The second-order valence-electron chi connectivity index (χ2n) is 3.68. The smallest absolute Gasteiger partial charge is 0.224 e. The van der Waals surface area contributed by atoms with Gasteiger partial charge in [0.05, 0.1) is 11.0 Å². The Hall–Kier alpha value is -0.700. The van der Waals surface area contributed by atoms with Gasteiger partial charge in [0.15, 0.2) is 9.84 Å². The predicted molar refractivity (Wildman–Crippen MR) is 79.5 cm³/mol. The number of nitrogens with zero attached hydrogens (tertiary/aromatic N) is 2. The molecule has 0 saturated heterocycles. The minimum atomic E-state index is -3.15. The van der Waals surface area contributed by atoms with Crippen molar-refractivity contribution in [2.75, 3.05) is 11.6 Å². The molecule has 0 saturated carbocycles. The highest BCUT2D eigenvalue weighted by molar-refractivity contribution is 9.10. The van der Waals surface area contributed by atoms with Crippen molar-refractivity contribution in [3.8, 4) is 0 Å². The van der Waals surface area contributed by atoms with Gasteiger partial charge in [-0.05, 0) is 39.7 Å². The van der Waals surface area contributed by atoms with Crippen molar-refractivity contribution >= 4 is 54.5 Å². The number of anilines is 1. The standard InChI is InChI=1S/C10H9BrClN3O2S2/c1-19(16,17)8-3-2-6(18-8)4-13-9-7(11)5-14-10(12)15-9/h2-3,5H,4H2,1H3,(H,13,14,15). The first-order valence-electron chi connectivity index (χ1n) is 5.07. The van der Waals surface area contributed by atoms with E-state index in [9.17, 15) is 8.42 Å². The van der Waals surface area contributed by atoms with Crippen LogP contribution in [0.15, 0.2) is 27.0 Å². The van der Waals surface area contributed by atoms with Crippen LogP contribution in [0.3, 0.4) is 0 Å². The molecule has 19 heavy (non-hydrogen) atoms. The van der Waals surface area contributed by atoms with Crippen molar-refractivity contribution in [1.82, 2.24) is 9.97 Å². The molecule has 0 fully saturated rings. The van der Waals surface area contributed by atoms with Crippen LogP contribution in [0.5, 0.6) is 0 Å². The zero-order valence-electron chi connectivity index (χ0n) is 9.72. The molecule has 0 aliphatic carbocycles. The molecule has 0 aromatic carbocycles. The van der Waals surface area contributed by atoms with Crippen molar-refractivity contribution in [3.63, 3.8) is 0 Å². The Morgan fingerprint density at radius 1 is 1.47 bits per heavy atom. The molecule has 0 aliphatic rings. The lowest BCUT2D eigenvalue weighted by atomic mass is 10.4. The quantitative estimate of drug-likeness (QED) is 0.823. The summed E-state index contributed by atoms with van der Waals surface area (Å²) in [6, 6.07) is 3.36. The van der Waals surface area contributed by atoms with E-state index in [0.717, 1.165) is 4.88 Å². The van der Waals surface area contributed by atoms with Crippen molar-refractivity contribution in [1.29, 1.82) is 0 Å². The van der Waals surface area contributed by atoms with Crippen LogP contribution >= 0.6 is 38.9 Å². The summed E-state index contributed by atoms with van der Waals surface area (Å²) in [5.41, 5.74) is 0. The maximum atomic E-state index is 11.4. The average Bonchev–Trinajstić information content (AvgIpc) is 2.79. The van der Waals surface area contributed by atoms with Crippen molar-refractivity contribution in [2.45, 2.75) is 10.8 Å². The zero-order valence-corrected chi connectivity index (χ0v) is 13.7. The van der Waals surface area contributed by atoms with Gasteiger partial charge in [-0.2, -0.15) is 4.98 Å². The minimum Gasteiger partial charge on any atom is -0.364 e. The van der Waals surface area contributed by atoms with Gasteiger partial charge in [-0.15, -0.1) is 11.3 Å². The third-order valence-electron chi connectivity index (χ3n) is 2.15. The molecular weight excluding hydrogens is 374 g/mol. The molecule has 2 aromatic heterocycles. The van der Waals surface area contributed by atoms with E-state index < -0.39 is 9.84 Å². The van der Waals surface area contributed by atoms with Crippen molar-refractivity contribution in [3.05, 3.63) is 33.0 Å². The highest BCUT2D eigenvalue weighted by Gasteiger charge is 2.11. The number of nitrogens with one attached hydrogen (secondary N) is 1. The number of hydrogen-bond acceptors (Lipinski definition) is 6. The molecule has 9 heteroatoms. The van der Waals surface area contributed by atoms with E-state index in [1.807, 2.05) is 0 Å². The van der Waals surface area contributed by atoms with E-state index in [-0.39, 0.29) is 5.28 Å². The molecule has 0 unspecified atom stereocenters. The van der Waals surface area contributed by atoms with Crippen molar-refractivity contribution < 1.29 is 8.42 Å². The van der Waals surface area contributed by atoms with Crippen LogP contribution in [0.2, 0.25) is 5.28 Å². The molecule has 0 aliphatic heterocycles. The molecule has 2 heterocycles. The Balaban J connectivity index is 2.11. The third-order valence-corrected chi connectivity index (χ3v) is 5.81. The van der Waals surface area contributed by atoms with Gasteiger partial charge in [0, 0.05) is 17.3 Å². The van der Waals surface area contributed by atoms with Crippen LogP contribution in [0, 0.1) is 0 Å². The number of rotatable bonds is 4. The molecular formula is C10H9BrClN3O2S2. The number of hydrogen-bond donors (Lipinski definition) is 1. The molecule has 2 aromatic rings. The fraction of sp³-hybridized carbons (Fsp3) is 0.200. The van der Waals surface area contributed by atoms with Gasteiger partial charge in [-0.25, -0.2) is 13.4 Å². The Morgan fingerprint density at radius 3 is 2.84 bits per heavy atom. The fourth-order valence-electron chi connectivity index (χ4n) is 1.29. The summed E-state index contributed by atoms with van der Waals surface area (Å²) < 4.78 is 23.8. The second-order valence-corrected chi connectivity index (χ2v) is 8.29. The molecule has 2 rings (SSSR count). The highest BCUT2D eigenvalue weighted by atomic mass is 79.9. The predicted octanol–water partition coefficient (Wildman–Crippen LogP) is 2.97. The summed E-state index contributed by atoms with van der Waals surface area (Å²) in [6.45, 7) is 0.464. The minimum absolute atomic E-state index is 0.147. The van der Waals surface area contributed by atoms with Gasteiger partial charge in [0.25, 0.3) is 0 Å². The van der Waals surface area contributed by atoms with Crippen molar-refractivity contribution in [2.24, 2.45) is 0 Å². The SMILES string of the molecule is CS(=O)(=O)c1ccc(CNc2nc(Cl)ncc2Br)s1. The van der Waals surface area contributed by atoms with Gasteiger partial charge in [0.2, 0.25) is 5.28 Å². The first-order chi connectivity index (χ1) is 8.86. The molecule has 0 spiro atoms. The van der Waals surface area contributed by atoms with E-state index in [1.54, 1.807) is 18.3 Å². The maximum absolute atomic E-state index is 11.4. The molecule has 5 nitrogen and oxygen atoms in total. The summed E-state index contributed by atoms with van der Waals surface area (Å²) in [6.07, 6.45) is 2.74. The van der Waals surface area contributed by atoms with Gasteiger partial charge >= 0.3 is 0 Å². The normalized spacial score (nSPS) is 11.5. The lowest BCUT2D eigenvalue weighted by molar-refractivity contribution is 0.604. The second kappa shape index (κ2) is 5.74. The van der Waals surface area contributed by atoms with E-state index in [1.165, 1.54) is 17.6 Å². The van der Waals surface area contributed by atoms with Crippen LogP contribution in [-0.2, 0) is 16.4 Å². The summed E-state index contributed by atoms with van der Waals surface area (Å²) in [4.78, 5) is 8.74. The molecule has 0 radical (unpaired) electrons. The largest absolute Gasteiger partial charge is 0.364 e. The molecule has 0 amide bonds. The molecule has 0 atom stereocenters. The number of thiophene rings is 1. The summed E-state index contributed by atoms with van der Waals surface area (Å²) in [7, 11) is -3.15. The molecule has 102 valence electrons. The molecule has 1 N–H and O–H groups in total. The molecule has 0 bridgehead atoms. The van der Waals surface area contributed by atoms with Crippen LogP contribution < -0.4 is 5.32 Å². The first-order valence-corrected chi connectivity index (χ1v) is 8.95. The van der Waals surface area contributed by atoms with Gasteiger partial charge in [-0.3, -0.25) is 0 Å². The van der Waals surface area contributed by atoms with E-state index in [2.05, 4.69) is 31.2 Å². The van der Waals surface area contributed by atoms with E-state index >= 15 is 0 Å². The monoisotopic (exact) mass is 381 g/mol. The maximum Gasteiger partial charge on any atom is 0.224 e. The highest BCUT2D eigenvalue weighted by Crippen LogP contribution is 2.24. The summed E-state index contributed by atoms with van der Waals surface area (Å²) in [5, 5.41) is 3.21. The Labute approximate surface area is 128 Å². The number of halogens is 2. The summed E-state index contributed by atoms with van der Waals surface area (Å²) >= 11 is 10.2. The Morgan fingerprint density at radius 2 is 2.21 bits per heavy atom.